The molecule has 0 aromatic carbocycles. The molecule has 0 N–H and O–H groups in total. The standard InChI is InChI=1S/C6H11NO.C5H13NO/c1-7-4-2-3-6(7)5-8;1-5(2)7-6(3)4/h5-6H,2-4H2,1H3;5H,1-4H3/t6-;/m0./s1. The number of aldehydes is 1. The van der Waals surface area contributed by atoms with Crippen LogP contribution >= 0.6 is 0 Å². The van der Waals surface area contributed by atoms with E-state index in [1.807, 2.05) is 35.0 Å². The van der Waals surface area contributed by atoms with Crippen LogP contribution in [0.25, 0.3) is 0 Å². The molecule has 1 heterocycles. The molecular formula is C11H24N2O2. The van der Waals surface area contributed by atoms with Crippen molar-refractivity contribution >= 4 is 6.29 Å². The fourth-order valence-corrected chi connectivity index (χ4v) is 1.53. The number of carbonyl (C=O) groups excluding carboxylic acids is 1. The molecule has 0 bridgehead atoms. The topological polar surface area (TPSA) is 32.8 Å². The molecule has 90 valence electrons. The molecular weight excluding hydrogens is 192 g/mol. The maximum Gasteiger partial charge on any atom is 0.137 e. The van der Waals surface area contributed by atoms with E-state index in [1.54, 1.807) is 5.06 Å². The Hall–Kier alpha value is -0.450. The Labute approximate surface area is 93.1 Å². The third-order valence-corrected chi connectivity index (χ3v) is 2.16. The Morgan fingerprint density at radius 1 is 1.47 bits per heavy atom. The highest BCUT2D eigenvalue weighted by atomic mass is 16.7. The van der Waals surface area contributed by atoms with Gasteiger partial charge in [-0.25, -0.2) is 0 Å². The first kappa shape index (κ1) is 14.6. The summed E-state index contributed by atoms with van der Waals surface area (Å²) in [6, 6.07) is 0.218. The van der Waals surface area contributed by atoms with Crippen LogP contribution in [0.3, 0.4) is 0 Å². The van der Waals surface area contributed by atoms with Gasteiger partial charge in [0.25, 0.3) is 0 Å². The average Bonchev–Trinajstić information content (AvgIpc) is 2.49. The van der Waals surface area contributed by atoms with E-state index in [-0.39, 0.29) is 6.04 Å². The van der Waals surface area contributed by atoms with E-state index < -0.39 is 0 Å². The lowest BCUT2D eigenvalue weighted by molar-refractivity contribution is -0.151. The Kier molecular flexibility index (Phi) is 7.56. The van der Waals surface area contributed by atoms with Crippen molar-refractivity contribution in [2.75, 3.05) is 27.7 Å². The van der Waals surface area contributed by atoms with E-state index in [1.165, 1.54) is 6.42 Å². The highest BCUT2D eigenvalue weighted by molar-refractivity contribution is 5.57. The van der Waals surface area contributed by atoms with Crippen LogP contribution in [-0.2, 0) is 9.63 Å². The molecule has 0 amide bonds. The predicted molar refractivity (Wildman–Crippen MR) is 61.6 cm³/mol. The van der Waals surface area contributed by atoms with Crippen LogP contribution in [0.5, 0.6) is 0 Å². The highest BCUT2D eigenvalue weighted by Crippen LogP contribution is 2.11. The van der Waals surface area contributed by atoms with Gasteiger partial charge in [0.1, 0.15) is 6.29 Å². The van der Waals surface area contributed by atoms with Crippen LogP contribution in [0.1, 0.15) is 26.7 Å². The predicted octanol–water partition coefficient (Wildman–Crippen LogP) is 1.17. The number of carbonyl (C=O) groups is 1. The van der Waals surface area contributed by atoms with Gasteiger partial charge < -0.3 is 4.79 Å². The fraction of sp³-hybridized carbons (Fsp3) is 0.909. The maximum absolute atomic E-state index is 10.2. The third kappa shape index (κ3) is 7.48. The van der Waals surface area contributed by atoms with Gasteiger partial charge in [0.05, 0.1) is 12.1 Å². The largest absolute Gasteiger partial charge is 0.302 e. The van der Waals surface area contributed by atoms with Crippen molar-refractivity contribution in [3.8, 4) is 0 Å². The first-order chi connectivity index (χ1) is 6.97. The van der Waals surface area contributed by atoms with E-state index in [2.05, 4.69) is 4.90 Å². The zero-order valence-corrected chi connectivity index (χ0v) is 10.6. The molecule has 15 heavy (non-hydrogen) atoms. The summed E-state index contributed by atoms with van der Waals surface area (Å²) < 4.78 is 0. The molecule has 0 aliphatic carbocycles. The van der Waals surface area contributed by atoms with Crippen LogP contribution in [0.2, 0.25) is 0 Å². The first-order valence-electron chi connectivity index (χ1n) is 5.47. The second-order valence-corrected chi connectivity index (χ2v) is 4.29. The molecule has 1 saturated heterocycles. The minimum absolute atomic E-state index is 0.218. The van der Waals surface area contributed by atoms with Gasteiger partial charge in [-0.1, -0.05) is 0 Å². The monoisotopic (exact) mass is 216 g/mol. The number of likely N-dealkylation sites (tertiary alicyclic amines) is 1. The molecule has 4 heteroatoms. The molecule has 0 radical (unpaired) electrons. The van der Waals surface area contributed by atoms with E-state index in [0.717, 1.165) is 19.3 Å². The molecule has 1 atom stereocenters. The van der Waals surface area contributed by atoms with Crippen molar-refractivity contribution in [3.05, 3.63) is 0 Å². The van der Waals surface area contributed by atoms with Crippen molar-refractivity contribution in [3.63, 3.8) is 0 Å². The summed E-state index contributed by atoms with van der Waals surface area (Å²) in [5, 5.41) is 1.70. The Morgan fingerprint density at radius 3 is 2.20 bits per heavy atom. The summed E-state index contributed by atoms with van der Waals surface area (Å²) in [6.07, 6.45) is 3.57. The van der Waals surface area contributed by atoms with Crippen molar-refractivity contribution < 1.29 is 9.63 Å². The maximum atomic E-state index is 10.2. The minimum atomic E-state index is 0.218. The van der Waals surface area contributed by atoms with Crippen molar-refractivity contribution in [1.82, 2.24) is 9.96 Å². The fourth-order valence-electron chi connectivity index (χ4n) is 1.53. The van der Waals surface area contributed by atoms with Gasteiger partial charge >= 0.3 is 0 Å². The van der Waals surface area contributed by atoms with Crippen LogP contribution in [0.15, 0.2) is 0 Å². The lowest BCUT2D eigenvalue weighted by Crippen LogP contribution is -2.25. The van der Waals surface area contributed by atoms with Crippen LogP contribution in [0, 0.1) is 0 Å². The van der Waals surface area contributed by atoms with Crippen molar-refractivity contribution in [1.29, 1.82) is 0 Å². The summed E-state index contributed by atoms with van der Waals surface area (Å²) in [5.74, 6) is 0. The second kappa shape index (κ2) is 7.79. The van der Waals surface area contributed by atoms with Crippen LogP contribution in [-0.4, -0.2) is 56.1 Å². The summed E-state index contributed by atoms with van der Waals surface area (Å²) >= 11 is 0. The lowest BCUT2D eigenvalue weighted by Gasteiger charge is -2.12. The number of likely N-dealkylation sites (N-methyl/N-ethyl adjacent to an activating group) is 1. The third-order valence-electron chi connectivity index (χ3n) is 2.16. The zero-order valence-electron chi connectivity index (χ0n) is 10.6. The minimum Gasteiger partial charge on any atom is -0.302 e. The quantitative estimate of drug-likeness (QED) is 0.523. The zero-order chi connectivity index (χ0) is 11.8. The number of rotatable bonds is 3. The Bertz CT molecular complexity index is 166. The summed E-state index contributed by atoms with van der Waals surface area (Å²) in [4.78, 5) is 17.3. The summed E-state index contributed by atoms with van der Waals surface area (Å²) in [5.41, 5.74) is 0. The molecule has 0 saturated carbocycles. The first-order valence-corrected chi connectivity index (χ1v) is 5.47. The molecule has 1 rings (SSSR count). The smallest absolute Gasteiger partial charge is 0.137 e. The van der Waals surface area contributed by atoms with Gasteiger partial charge in [-0.15, -0.1) is 0 Å². The Morgan fingerprint density at radius 2 is 2.07 bits per heavy atom. The van der Waals surface area contributed by atoms with E-state index >= 15 is 0 Å². The molecule has 1 fully saturated rings. The van der Waals surface area contributed by atoms with Gasteiger partial charge in [-0.2, -0.15) is 5.06 Å². The molecule has 0 aromatic heterocycles. The molecule has 0 unspecified atom stereocenters. The van der Waals surface area contributed by atoms with E-state index in [9.17, 15) is 4.79 Å². The molecule has 1 aliphatic heterocycles. The second-order valence-electron chi connectivity index (χ2n) is 4.29. The van der Waals surface area contributed by atoms with Crippen molar-refractivity contribution in [2.24, 2.45) is 0 Å². The summed E-state index contributed by atoms with van der Waals surface area (Å²) in [6.45, 7) is 5.09. The van der Waals surface area contributed by atoms with Gasteiger partial charge in [0.15, 0.2) is 0 Å². The van der Waals surface area contributed by atoms with E-state index in [0.29, 0.717) is 6.10 Å². The van der Waals surface area contributed by atoms with Crippen LogP contribution in [0.4, 0.5) is 0 Å². The summed E-state index contributed by atoms with van der Waals surface area (Å²) in [7, 11) is 5.74. The molecule has 1 aliphatic rings. The van der Waals surface area contributed by atoms with Gasteiger partial charge in [0, 0.05) is 14.1 Å². The Balaban J connectivity index is 0.000000265. The number of hydrogen-bond donors (Lipinski definition) is 0. The van der Waals surface area contributed by atoms with Crippen molar-refractivity contribution in [2.45, 2.75) is 38.8 Å². The van der Waals surface area contributed by atoms with Gasteiger partial charge in [-0.05, 0) is 40.3 Å². The molecule has 4 nitrogen and oxygen atoms in total. The average molecular weight is 216 g/mol. The van der Waals surface area contributed by atoms with Crippen LogP contribution < -0.4 is 0 Å². The number of hydrogen-bond acceptors (Lipinski definition) is 4. The lowest BCUT2D eigenvalue weighted by atomic mass is 10.2. The SMILES string of the molecule is CC(C)ON(C)C.CN1CCC[C@H]1C=O. The van der Waals surface area contributed by atoms with Gasteiger partial charge in [-0.3, -0.25) is 9.74 Å². The molecule has 0 spiro atoms. The number of hydroxylamine groups is 2. The molecule has 0 aromatic rings. The highest BCUT2D eigenvalue weighted by Gasteiger charge is 2.18. The normalized spacial score (nSPS) is 21.7. The number of nitrogens with zero attached hydrogens (tertiary/aromatic N) is 2. The van der Waals surface area contributed by atoms with Gasteiger partial charge in [0.2, 0.25) is 0 Å². The van der Waals surface area contributed by atoms with E-state index in [4.69, 9.17) is 4.84 Å².